The number of nitrogens with zero attached hydrogens (tertiary/aromatic N) is 2. The Labute approximate surface area is 123 Å². The lowest BCUT2D eigenvalue weighted by Gasteiger charge is -2.16. The molecule has 20 heavy (non-hydrogen) atoms. The molecule has 0 saturated carbocycles. The van der Waals surface area contributed by atoms with E-state index in [1.54, 1.807) is 0 Å². The third-order valence-corrected chi connectivity index (χ3v) is 5.42. The van der Waals surface area contributed by atoms with Crippen molar-refractivity contribution in [1.29, 1.82) is 0 Å². The van der Waals surface area contributed by atoms with Crippen molar-refractivity contribution in [1.82, 2.24) is 9.29 Å². The van der Waals surface area contributed by atoms with Crippen LogP contribution in [-0.2, 0) is 10.0 Å². The highest BCUT2D eigenvalue weighted by molar-refractivity contribution is 7.89. The third-order valence-electron chi connectivity index (χ3n) is 3.30. The summed E-state index contributed by atoms with van der Waals surface area (Å²) in [5.41, 5.74) is 0. The molecule has 6 nitrogen and oxygen atoms in total. The van der Waals surface area contributed by atoms with Gasteiger partial charge in [-0.25, -0.2) is 13.4 Å². The van der Waals surface area contributed by atoms with Gasteiger partial charge in [-0.05, 0) is 25.3 Å². The second-order valence-corrected chi connectivity index (χ2v) is 7.08. The minimum absolute atomic E-state index is 0.00435. The van der Waals surface area contributed by atoms with Crippen molar-refractivity contribution in [2.24, 2.45) is 5.92 Å². The van der Waals surface area contributed by atoms with Crippen LogP contribution in [0.25, 0.3) is 0 Å². The fraction of sp³-hybridized carbons (Fsp3) is 0.583. The summed E-state index contributed by atoms with van der Waals surface area (Å²) >= 11 is 6.03. The van der Waals surface area contributed by atoms with Crippen LogP contribution in [0.3, 0.4) is 0 Å². The molecule has 112 valence electrons. The molecule has 2 N–H and O–H groups in total. The maximum Gasteiger partial charge on any atom is 0.244 e. The summed E-state index contributed by atoms with van der Waals surface area (Å²) in [6, 6.07) is 1.41. The van der Waals surface area contributed by atoms with Gasteiger partial charge in [0.05, 0.1) is 5.02 Å². The van der Waals surface area contributed by atoms with Gasteiger partial charge in [-0.15, -0.1) is 0 Å². The Morgan fingerprint density at radius 1 is 1.60 bits per heavy atom. The molecule has 0 amide bonds. The predicted molar refractivity (Wildman–Crippen MR) is 77.4 cm³/mol. The topological polar surface area (TPSA) is 82.5 Å². The summed E-state index contributed by atoms with van der Waals surface area (Å²) in [6.07, 6.45) is 1.98. The summed E-state index contributed by atoms with van der Waals surface area (Å²) in [7, 11) is -3.59. The molecule has 0 aromatic carbocycles. The van der Waals surface area contributed by atoms with E-state index in [0.717, 1.165) is 0 Å². The molecule has 1 aliphatic rings. The average molecular weight is 320 g/mol. The van der Waals surface area contributed by atoms with Gasteiger partial charge in [0.2, 0.25) is 10.0 Å². The van der Waals surface area contributed by atoms with Gasteiger partial charge in [-0.1, -0.05) is 11.6 Å². The lowest BCUT2D eigenvalue weighted by molar-refractivity contribution is 0.233. The zero-order valence-corrected chi connectivity index (χ0v) is 12.8. The number of aliphatic hydroxyl groups is 1. The SMILES string of the molecule is CCNc1ncc(S(=O)(=O)N2CCC(CO)C2)cc1Cl. The lowest BCUT2D eigenvalue weighted by Crippen LogP contribution is -2.29. The van der Waals surface area contributed by atoms with Crippen LogP contribution in [0.15, 0.2) is 17.2 Å². The minimum Gasteiger partial charge on any atom is -0.396 e. The van der Waals surface area contributed by atoms with Crippen LogP contribution in [0.4, 0.5) is 5.82 Å². The number of pyridine rings is 1. The van der Waals surface area contributed by atoms with Gasteiger partial charge in [0, 0.05) is 32.4 Å². The molecule has 1 atom stereocenters. The van der Waals surface area contributed by atoms with E-state index in [9.17, 15) is 8.42 Å². The van der Waals surface area contributed by atoms with Crippen LogP contribution in [0, 0.1) is 5.92 Å². The van der Waals surface area contributed by atoms with Crippen LogP contribution in [0.1, 0.15) is 13.3 Å². The van der Waals surface area contributed by atoms with Crippen LogP contribution in [0.5, 0.6) is 0 Å². The van der Waals surface area contributed by atoms with E-state index >= 15 is 0 Å². The maximum atomic E-state index is 12.4. The highest BCUT2D eigenvalue weighted by Gasteiger charge is 2.32. The van der Waals surface area contributed by atoms with Gasteiger partial charge < -0.3 is 10.4 Å². The zero-order valence-electron chi connectivity index (χ0n) is 11.2. The Morgan fingerprint density at radius 3 is 2.90 bits per heavy atom. The van der Waals surface area contributed by atoms with E-state index in [4.69, 9.17) is 16.7 Å². The van der Waals surface area contributed by atoms with Crippen molar-refractivity contribution in [2.75, 3.05) is 31.6 Å². The summed E-state index contributed by atoms with van der Waals surface area (Å²) < 4.78 is 26.3. The Morgan fingerprint density at radius 2 is 2.35 bits per heavy atom. The Kier molecular flexibility index (Phi) is 4.85. The predicted octanol–water partition coefficient (Wildman–Crippen LogP) is 1.17. The first-order valence-corrected chi connectivity index (χ1v) is 8.31. The highest BCUT2D eigenvalue weighted by Crippen LogP contribution is 2.27. The number of hydrogen-bond donors (Lipinski definition) is 2. The monoisotopic (exact) mass is 319 g/mol. The molecule has 0 aliphatic carbocycles. The summed E-state index contributed by atoms with van der Waals surface area (Å²) in [4.78, 5) is 4.13. The van der Waals surface area contributed by atoms with Crippen molar-refractivity contribution in [3.63, 3.8) is 0 Å². The minimum atomic E-state index is -3.59. The number of aromatic nitrogens is 1. The third kappa shape index (κ3) is 3.06. The number of halogens is 1. The van der Waals surface area contributed by atoms with Crippen LogP contribution in [0.2, 0.25) is 5.02 Å². The molecule has 8 heteroatoms. The van der Waals surface area contributed by atoms with E-state index < -0.39 is 10.0 Å². The standard InChI is InChI=1S/C12H18ClN3O3S/c1-2-14-12-11(13)5-10(6-15-12)20(18,19)16-4-3-9(7-16)8-17/h5-6,9,17H,2-4,7-8H2,1H3,(H,14,15). The smallest absolute Gasteiger partial charge is 0.244 e. The number of anilines is 1. The number of hydrogen-bond acceptors (Lipinski definition) is 5. The first-order valence-electron chi connectivity index (χ1n) is 6.49. The van der Waals surface area contributed by atoms with Crippen molar-refractivity contribution in [2.45, 2.75) is 18.2 Å². The fourth-order valence-electron chi connectivity index (χ4n) is 2.17. The fourth-order valence-corrected chi connectivity index (χ4v) is 3.97. The maximum absolute atomic E-state index is 12.4. The largest absolute Gasteiger partial charge is 0.396 e. The van der Waals surface area contributed by atoms with Gasteiger partial charge in [0.25, 0.3) is 0 Å². The second kappa shape index (κ2) is 6.26. The Hall–Kier alpha value is -0.890. The molecule has 2 heterocycles. The average Bonchev–Trinajstić information content (AvgIpc) is 2.90. The van der Waals surface area contributed by atoms with Gasteiger partial charge >= 0.3 is 0 Å². The van der Waals surface area contributed by atoms with Crippen molar-refractivity contribution < 1.29 is 13.5 Å². The number of rotatable bonds is 5. The highest BCUT2D eigenvalue weighted by atomic mass is 35.5. The summed E-state index contributed by atoms with van der Waals surface area (Å²) in [5, 5.41) is 12.3. The van der Waals surface area contributed by atoms with Gasteiger partial charge in [-0.3, -0.25) is 0 Å². The first-order chi connectivity index (χ1) is 9.48. The van der Waals surface area contributed by atoms with Crippen LogP contribution < -0.4 is 5.32 Å². The summed E-state index contributed by atoms with van der Waals surface area (Å²) in [6.45, 7) is 3.32. The van der Waals surface area contributed by atoms with E-state index in [2.05, 4.69) is 10.3 Å². The molecule has 1 aliphatic heterocycles. The summed E-state index contributed by atoms with van der Waals surface area (Å²) in [5.74, 6) is 0.483. The first kappa shape index (κ1) is 15.5. The quantitative estimate of drug-likeness (QED) is 0.851. The van der Waals surface area contributed by atoms with Crippen LogP contribution >= 0.6 is 11.6 Å². The Bertz CT molecular complexity index is 579. The van der Waals surface area contributed by atoms with E-state index in [-0.39, 0.29) is 22.4 Å². The molecule has 1 unspecified atom stereocenters. The van der Waals surface area contributed by atoms with Gasteiger partial charge in [0.15, 0.2) is 0 Å². The number of nitrogens with one attached hydrogen (secondary N) is 1. The molecule has 0 radical (unpaired) electrons. The molecule has 1 aromatic rings. The zero-order chi connectivity index (χ0) is 14.8. The van der Waals surface area contributed by atoms with Crippen molar-refractivity contribution in [3.8, 4) is 0 Å². The van der Waals surface area contributed by atoms with E-state index in [1.807, 2.05) is 6.92 Å². The molecule has 1 aromatic heterocycles. The second-order valence-electron chi connectivity index (χ2n) is 4.73. The molecule has 2 rings (SSSR count). The van der Waals surface area contributed by atoms with E-state index in [1.165, 1.54) is 16.6 Å². The Balaban J connectivity index is 2.24. The molecular weight excluding hydrogens is 302 g/mol. The van der Waals surface area contributed by atoms with Gasteiger partial charge in [0.1, 0.15) is 10.7 Å². The number of sulfonamides is 1. The van der Waals surface area contributed by atoms with Gasteiger partial charge in [-0.2, -0.15) is 4.31 Å². The normalized spacial score (nSPS) is 20.2. The molecule has 0 spiro atoms. The lowest BCUT2D eigenvalue weighted by atomic mass is 10.1. The molecular formula is C12H18ClN3O3S. The molecule has 0 bridgehead atoms. The molecule has 1 saturated heterocycles. The number of aliphatic hydroxyl groups excluding tert-OH is 1. The van der Waals surface area contributed by atoms with E-state index in [0.29, 0.717) is 31.9 Å². The van der Waals surface area contributed by atoms with Crippen molar-refractivity contribution in [3.05, 3.63) is 17.3 Å². The van der Waals surface area contributed by atoms with Crippen LogP contribution in [-0.4, -0.2) is 49.1 Å². The van der Waals surface area contributed by atoms with Crippen molar-refractivity contribution >= 4 is 27.4 Å². The molecule has 1 fully saturated rings.